The molecule has 30 heavy (non-hydrogen) atoms. The van der Waals surface area contributed by atoms with Crippen molar-refractivity contribution in [3.05, 3.63) is 0 Å². The predicted octanol–water partition coefficient (Wildman–Crippen LogP) is 4.32. The summed E-state index contributed by atoms with van der Waals surface area (Å²) in [7, 11) is 7.23. The lowest BCUT2D eigenvalue weighted by atomic mass is 9.88. The summed E-state index contributed by atoms with van der Waals surface area (Å²) < 4.78 is 14.1. The summed E-state index contributed by atoms with van der Waals surface area (Å²) in [6.07, 6.45) is 19.9. The van der Waals surface area contributed by atoms with Crippen LogP contribution in [0.1, 0.15) is 104 Å². The zero-order chi connectivity index (χ0) is 21.1. The Hall–Kier alpha value is 1.29. The molecule has 0 spiro atoms. The minimum atomic E-state index is 0.160. The van der Waals surface area contributed by atoms with Crippen LogP contribution in [-0.2, 0) is 9.31 Å². The van der Waals surface area contributed by atoms with E-state index in [4.69, 9.17) is 9.31 Å². The molecule has 0 aromatic carbocycles. The third-order valence-electron chi connectivity index (χ3n) is 6.61. The fourth-order valence-electron chi connectivity index (χ4n) is 4.51. The Bertz CT molecular complexity index is 454. The van der Waals surface area contributed by atoms with Crippen LogP contribution < -0.4 is 0 Å². The molecule has 4 rings (SSSR count). The third kappa shape index (κ3) is 7.67. The molecule has 4 saturated heterocycles. The van der Waals surface area contributed by atoms with Crippen molar-refractivity contribution in [1.82, 2.24) is 0 Å². The first kappa shape index (κ1) is 25.9. The van der Waals surface area contributed by atoms with Gasteiger partial charge in [0.15, 0.2) is 0 Å². The summed E-state index contributed by atoms with van der Waals surface area (Å²) in [5.74, 6) is 0.658. The van der Waals surface area contributed by atoms with Gasteiger partial charge in [0.2, 0.25) is 0 Å². The van der Waals surface area contributed by atoms with Crippen LogP contribution in [0.15, 0.2) is 0 Å². The van der Waals surface area contributed by atoms with Crippen molar-refractivity contribution < 1.29 is 9.31 Å². The van der Waals surface area contributed by atoms with E-state index in [1.807, 2.05) is 0 Å². The van der Waals surface area contributed by atoms with Gasteiger partial charge in [0.1, 0.15) is 0 Å². The molecule has 0 aromatic rings. The maximum Gasteiger partial charge on any atom is 0.452 e. The highest BCUT2D eigenvalue weighted by molar-refractivity contribution is 7.46. The first-order valence-electron chi connectivity index (χ1n) is 12.6. The maximum absolute atomic E-state index is 6.43. The van der Waals surface area contributed by atoms with E-state index in [0.29, 0.717) is 10.1 Å². The van der Waals surface area contributed by atoms with Crippen LogP contribution in [0.2, 0.25) is 8.47 Å². The van der Waals surface area contributed by atoms with Crippen LogP contribution in [0.3, 0.4) is 0 Å². The van der Waals surface area contributed by atoms with Gasteiger partial charge in [-0.3, -0.25) is 0 Å². The second-order valence-electron chi connectivity index (χ2n) is 9.40. The molecule has 0 unspecified atom stereocenters. The Balaban J connectivity index is 1.30. The van der Waals surface area contributed by atoms with Gasteiger partial charge in [-0.25, -0.2) is 0 Å². The standard InChI is InChI=1S/C21H39BO2Si6/c1-3-5-7-9-11-13-15-19-17-23-22(24-18-19)21-28-25-20(26-29-21,27-30-21)16-14-12-10-8-6-4-2/h19H,3-18H2,1-2H3. The quantitative estimate of drug-likeness (QED) is 0.245. The SMILES string of the molecule is CCCCCCCCC1COB(C23[Si][Si]C(CCCCCCCC)([Si][Si]2)[Si][Si]3)OC1. The molecule has 0 atom stereocenters. The van der Waals surface area contributed by atoms with E-state index in [2.05, 4.69) is 13.8 Å². The van der Waals surface area contributed by atoms with E-state index in [1.54, 1.807) is 6.42 Å². The lowest BCUT2D eigenvalue weighted by Crippen LogP contribution is -2.69. The van der Waals surface area contributed by atoms with Crippen molar-refractivity contribution in [3.63, 3.8) is 0 Å². The largest absolute Gasteiger partial charge is 0.452 e. The molecule has 0 aliphatic carbocycles. The lowest BCUT2D eigenvalue weighted by Gasteiger charge is -2.53. The second-order valence-corrected chi connectivity index (χ2v) is 23.3. The zero-order valence-electron chi connectivity index (χ0n) is 19.3. The highest BCUT2D eigenvalue weighted by Gasteiger charge is 2.57. The van der Waals surface area contributed by atoms with Crippen molar-refractivity contribution in [2.75, 3.05) is 13.2 Å². The molecular formula is C21H39BO2Si6. The molecule has 4 heterocycles. The minimum Gasteiger partial charge on any atom is -0.411 e. The molecule has 4 aliphatic heterocycles. The molecular weight excluding hydrogens is 464 g/mol. The van der Waals surface area contributed by atoms with Crippen LogP contribution in [0.5, 0.6) is 0 Å². The molecule has 0 saturated carbocycles. The maximum atomic E-state index is 6.43. The molecule has 4 fully saturated rings. The Morgan fingerprint density at radius 2 is 1.17 bits per heavy atom. The van der Waals surface area contributed by atoms with Gasteiger partial charge in [0.05, 0.1) is 0 Å². The Morgan fingerprint density at radius 3 is 1.73 bits per heavy atom. The molecule has 0 aromatic heterocycles. The first-order valence-corrected chi connectivity index (χ1v) is 21.6. The number of rotatable bonds is 15. The van der Waals surface area contributed by atoms with Crippen molar-refractivity contribution in [1.29, 1.82) is 0 Å². The molecule has 0 N–H and O–H groups in total. The number of hydrogen-bond acceptors (Lipinski definition) is 2. The van der Waals surface area contributed by atoms with E-state index < -0.39 is 0 Å². The van der Waals surface area contributed by atoms with Crippen LogP contribution in [-0.4, -0.2) is 74.6 Å². The Labute approximate surface area is 201 Å². The molecule has 0 amide bonds. The minimum absolute atomic E-state index is 0.160. The van der Waals surface area contributed by atoms with E-state index in [0.717, 1.165) is 44.6 Å². The summed E-state index contributed by atoms with van der Waals surface area (Å²) in [4.78, 5) is 0. The average molecular weight is 503 g/mol. The van der Waals surface area contributed by atoms with Gasteiger partial charge in [-0.2, -0.15) is 0 Å². The molecule has 2 nitrogen and oxygen atoms in total. The zero-order valence-corrected chi connectivity index (χ0v) is 25.3. The number of hydrogen-bond donors (Lipinski definition) is 0. The third-order valence-corrected chi connectivity index (χ3v) is 32.9. The molecule has 4 aliphatic rings. The van der Waals surface area contributed by atoms with Crippen molar-refractivity contribution >= 4 is 61.3 Å². The Morgan fingerprint density at radius 1 is 0.667 bits per heavy atom. The predicted molar refractivity (Wildman–Crippen MR) is 137 cm³/mol. The summed E-state index contributed by atoms with van der Waals surface area (Å²) >= 11 is 0. The van der Waals surface area contributed by atoms with Crippen molar-refractivity contribution in [2.24, 2.45) is 5.92 Å². The first-order chi connectivity index (χ1) is 14.7. The topological polar surface area (TPSA) is 18.5 Å². The number of fused-ring (bicyclic) bond motifs is 3. The van der Waals surface area contributed by atoms with E-state index >= 15 is 0 Å². The number of unbranched alkanes of at least 4 members (excludes halogenated alkanes) is 10. The average Bonchev–Trinajstić information content (AvgIpc) is 2.80. The van der Waals surface area contributed by atoms with Gasteiger partial charge >= 0.3 is 7.12 Å². The summed E-state index contributed by atoms with van der Waals surface area (Å²) in [5, 5.41) is 0. The second kappa shape index (κ2) is 13.9. The van der Waals surface area contributed by atoms with Crippen LogP contribution >= 0.6 is 0 Å². The van der Waals surface area contributed by atoms with E-state index in [1.165, 1.54) is 111 Å². The smallest absolute Gasteiger partial charge is 0.411 e. The van der Waals surface area contributed by atoms with Gasteiger partial charge in [-0.15, -0.1) is 0 Å². The fraction of sp³-hybridized carbons (Fsp3) is 1.00. The van der Waals surface area contributed by atoms with Gasteiger partial charge in [0, 0.05) is 73.4 Å². The van der Waals surface area contributed by atoms with Gasteiger partial charge < -0.3 is 9.31 Å². The van der Waals surface area contributed by atoms with Crippen molar-refractivity contribution in [3.8, 4) is 0 Å². The van der Waals surface area contributed by atoms with Crippen LogP contribution in [0.25, 0.3) is 0 Å². The summed E-state index contributed by atoms with van der Waals surface area (Å²) in [5.41, 5.74) is 0. The normalized spacial score (nSPS) is 29.6. The molecule has 9 heteroatoms. The van der Waals surface area contributed by atoms with Crippen molar-refractivity contribution in [2.45, 2.75) is 112 Å². The molecule has 162 valence electrons. The van der Waals surface area contributed by atoms with Crippen LogP contribution in [0.4, 0.5) is 0 Å². The summed E-state index contributed by atoms with van der Waals surface area (Å²) in [6, 6.07) is 0. The summed E-state index contributed by atoms with van der Waals surface area (Å²) in [6.45, 7) is 6.55. The fourth-order valence-corrected chi connectivity index (χ4v) is 35.1. The van der Waals surface area contributed by atoms with E-state index in [9.17, 15) is 0 Å². The molecule has 12 radical (unpaired) electrons. The van der Waals surface area contributed by atoms with Gasteiger partial charge in [0.25, 0.3) is 0 Å². The van der Waals surface area contributed by atoms with E-state index in [-0.39, 0.29) is 7.12 Å². The van der Waals surface area contributed by atoms with Gasteiger partial charge in [-0.1, -0.05) is 102 Å². The van der Waals surface area contributed by atoms with Crippen LogP contribution in [0, 0.1) is 5.92 Å². The highest BCUT2D eigenvalue weighted by atomic mass is 29.3. The highest BCUT2D eigenvalue weighted by Crippen LogP contribution is 2.45. The monoisotopic (exact) mass is 502 g/mol. The Kier molecular flexibility index (Phi) is 12.0. The van der Waals surface area contributed by atoms with Gasteiger partial charge in [-0.05, 0) is 10.6 Å². The lowest BCUT2D eigenvalue weighted by molar-refractivity contribution is 0.0731. The molecule has 2 bridgehead atoms.